The molecule has 0 saturated carbocycles. The molecular weight excluding hydrogens is 441 g/mol. The third-order valence-corrected chi connectivity index (χ3v) is 8.10. The molecule has 0 bridgehead atoms. The molecule has 2 aromatic carbocycles. The van der Waals surface area contributed by atoms with Crippen molar-refractivity contribution in [1.29, 1.82) is 0 Å². The van der Waals surface area contributed by atoms with Gasteiger partial charge in [-0.3, -0.25) is 4.79 Å². The van der Waals surface area contributed by atoms with E-state index in [2.05, 4.69) is 4.90 Å². The zero-order valence-electron chi connectivity index (χ0n) is 17.1. The first-order valence-electron chi connectivity index (χ1n) is 10.4. The Bertz CT molecular complexity index is 1020. The van der Waals surface area contributed by atoms with Gasteiger partial charge in [-0.2, -0.15) is 4.31 Å². The van der Waals surface area contributed by atoms with Crippen LogP contribution < -0.4 is 4.90 Å². The summed E-state index contributed by atoms with van der Waals surface area (Å²) in [5, 5.41) is 0.477. The topological polar surface area (TPSA) is 60.9 Å². The highest BCUT2D eigenvalue weighted by atomic mass is 35.5. The van der Waals surface area contributed by atoms with Gasteiger partial charge in [0.15, 0.2) is 0 Å². The summed E-state index contributed by atoms with van der Waals surface area (Å²) in [5.74, 6) is -0.601. The molecule has 166 valence electrons. The number of sulfonamides is 1. The maximum atomic E-state index is 13.1. The summed E-state index contributed by atoms with van der Waals surface area (Å²) in [6, 6.07) is 12.5. The highest BCUT2D eigenvalue weighted by Crippen LogP contribution is 2.26. The second-order valence-corrected chi connectivity index (χ2v) is 10.3. The first-order chi connectivity index (χ1) is 14.8. The minimum absolute atomic E-state index is 0.00904. The lowest BCUT2D eigenvalue weighted by Gasteiger charge is -2.39. The quantitative estimate of drug-likeness (QED) is 0.695. The van der Waals surface area contributed by atoms with Gasteiger partial charge in [0.1, 0.15) is 5.82 Å². The van der Waals surface area contributed by atoms with Crippen molar-refractivity contribution in [2.45, 2.75) is 17.7 Å². The van der Waals surface area contributed by atoms with Gasteiger partial charge in [0, 0.05) is 50.0 Å². The van der Waals surface area contributed by atoms with E-state index in [4.69, 9.17) is 11.6 Å². The third kappa shape index (κ3) is 4.86. The lowest BCUT2D eigenvalue weighted by atomic mass is 9.97. The van der Waals surface area contributed by atoms with E-state index in [0.29, 0.717) is 50.6 Å². The summed E-state index contributed by atoms with van der Waals surface area (Å²) in [7, 11) is -3.66. The lowest BCUT2D eigenvalue weighted by Crippen LogP contribution is -2.53. The van der Waals surface area contributed by atoms with Crippen LogP contribution in [0.25, 0.3) is 0 Å². The van der Waals surface area contributed by atoms with E-state index < -0.39 is 10.0 Å². The molecule has 0 aromatic heterocycles. The Morgan fingerprint density at radius 3 is 2.23 bits per heavy atom. The molecule has 2 fully saturated rings. The number of benzene rings is 2. The van der Waals surface area contributed by atoms with E-state index in [-0.39, 0.29) is 29.1 Å². The Labute approximate surface area is 187 Å². The fourth-order valence-electron chi connectivity index (χ4n) is 4.21. The number of halogens is 2. The van der Waals surface area contributed by atoms with E-state index in [0.717, 1.165) is 5.69 Å². The second kappa shape index (κ2) is 9.14. The molecule has 0 aliphatic carbocycles. The van der Waals surface area contributed by atoms with E-state index >= 15 is 0 Å². The summed E-state index contributed by atoms with van der Waals surface area (Å²) in [4.78, 5) is 17.3. The number of rotatable bonds is 4. The summed E-state index contributed by atoms with van der Waals surface area (Å²) < 4.78 is 40.5. The molecule has 2 aliphatic heterocycles. The summed E-state index contributed by atoms with van der Waals surface area (Å²) in [6.45, 7) is 3.07. The first kappa shape index (κ1) is 22.0. The van der Waals surface area contributed by atoms with Crippen LogP contribution in [0.2, 0.25) is 5.02 Å². The van der Waals surface area contributed by atoms with E-state index in [1.165, 1.54) is 28.6 Å². The summed E-state index contributed by atoms with van der Waals surface area (Å²) in [5.41, 5.74) is 0.936. The number of amides is 1. The van der Waals surface area contributed by atoms with Crippen LogP contribution in [0.3, 0.4) is 0 Å². The molecule has 31 heavy (non-hydrogen) atoms. The lowest BCUT2D eigenvalue weighted by molar-refractivity contribution is -0.137. The Morgan fingerprint density at radius 2 is 1.58 bits per heavy atom. The number of carbonyl (C=O) groups is 1. The highest BCUT2D eigenvalue weighted by molar-refractivity contribution is 7.89. The van der Waals surface area contributed by atoms with Gasteiger partial charge in [0.05, 0.1) is 10.8 Å². The van der Waals surface area contributed by atoms with Gasteiger partial charge < -0.3 is 9.80 Å². The number of nitrogens with zero attached hydrogens (tertiary/aromatic N) is 3. The SMILES string of the molecule is O=C(C1CCCN(S(=O)(=O)c2ccc(Cl)cc2)C1)N1CCN(c2ccc(F)cc2)CC1. The fraction of sp³-hybridized carbons (Fsp3) is 0.409. The van der Waals surface area contributed by atoms with Crippen LogP contribution in [0.1, 0.15) is 12.8 Å². The van der Waals surface area contributed by atoms with Crippen molar-refractivity contribution >= 4 is 33.2 Å². The summed E-state index contributed by atoms with van der Waals surface area (Å²) in [6.07, 6.45) is 1.34. The fourth-order valence-corrected chi connectivity index (χ4v) is 5.86. The Hall–Kier alpha value is -2.16. The van der Waals surface area contributed by atoms with Crippen LogP contribution in [-0.2, 0) is 14.8 Å². The average Bonchev–Trinajstić information content (AvgIpc) is 2.80. The molecule has 2 aromatic rings. The van der Waals surface area contributed by atoms with Crippen molar-refractivity contribution in [3.8, 4) is 0 Å². The molecule has 6 nitrogen and oxygen atoms in total. The van der Waals surface area contributed by atoms with Crippen molar-refractivity contribution in [3.05, 3.63) is 59.4 Å². The van der Waals surface area contributed by atoms with Crippen LogP contribution >= 0.6 is 11.6 Å². The molecule has 4 rings (SSSR count). The Kier molecular flexibility index (Phi) is 6.50. The maximum Gasteiger partial charge on any atom is 0.243 e. The van der Waals surface area contributed by atoms with Crippen molar-refractivity contribution in [2.24, 2.45) is 5.92 Å². The van der Waals surface area contributed by atoms with E-state index in [9.17, 15) is 17.6 Å². The number of piperidine rings is 1. The maximum absolute atomic E-state index is 13.1. The van der Waals surface area contributed by atoms with Crippen LogP contribution in [0.15, 0.2) is 53.4 Å². The van der Waals surface area contributed by atoms with Gasteiger partial charge in [-0.15, -0.1) is 0 Å². The van der Waals surface area contributed by atoms with Crippen LogP contribution in [0.4, 0.5) is 10.1 Å². The molecule has 2 aliphatic rings. The molecule has 2 heterocycles. The van der Waals surface area contributed by atoms with Gasteiger partial charge >= 0.3 is 0 Å². The minimum Gasteiger partial charge on any atom is -0.368 e. The largest absolute Gasteiger partial charge is 0.368 e. The molecule has 0 N–H and O–H groups in total. The Balaban J connectivity index is 1.38. The number of carbonyl (C=O) groups excluding carboxylic acids is 1. The molecule has 1 amide bonds. The molecule has 9 heteroatoms. The summed E-state index contributed by atoms with van der Waals surface area (Å²) >= 11 is 5.88. The van der Waals surface area contributed by atoms with Crippen molar-refractivity contribution in [3.63, 3.8) is 0 Å². The molecule has 1 atom stereocenters. The van der Waals surface area contributed by atoms with E-state index in [1.54, 1.807) is 24.3 Å². The van der Waals surface area contributed by atoms with Crippen molar-refractivity contribution in [1.82, 2.24) is 9.21 Å². The van der Waals surface area contributed by atoms with Gasteiger partial charge in [-0.05, 0) is 61.4 Å². The van der Waals surface area contributed by atoms with Gasteiger partial charge in [-0.1, -0.05) is 11.6 Å². The number of hydrogen-bond donors (Lipinski definition) is 0. The zero-order valence-corrected chi connectivity index (χ0v) is 18.7. The minimum atomic E-state index is -3.66. The van der Waals surface area contributed by atoms with E-state index in [1.807, 2.05) is 4.90 Å². The number of hydrogen-bond acceptors (Lipinski definition) is 4. The molecule has 2 saturated heterocycles. The molecular formula is C22H25ClFN3O3S. The van der Waals surface area contributed by atoms with Crippen molar-refractivity contribution in [2.75, 3.05) is 44.2 Å². The molecule has 0 spiro atoms. The van der Waals surface area contributed by atoms with Gasteiger partial charge in [0.2, 0.25) is 15.9 Å². The zero-order chi connectivity index (χ0) is 22.0. The monoisotopic (exact) mass is 465 g/mol. The molecule has 0 radical (unpaired) electrons. The first-order valence-corrected chi connectivity index (χ1v) is 12.2. The van der Waals surface area contributed by atoms with Gasteiger partial charge in [0.25, 0.3) is 0 Å². The highest BCUT2D eigenvalue weighted by Gasteiger charge is 2.35. The predicted octanol–water partition coefficient (Wildman–Crippen LogP) is 3.23. The molecule has 1 unspecified atom stereocenters. The van der Waals surface area contributed by atoms with Crippen LogP contribution in [0.5, 0.6) is 0 Å². The van der Waals surface area contributed by atoms with Crippen molar-refractivity contribution < 1.29 is 17.6 Å². The number of piperazine rings is 1. The Morgan fingerprint density at radius 1 is 0.935 bits per heavy atom. The van der Waals surface area contributed by atoms with Crippen LogP contribution in [0, 0.1) is 11.7 Å². The standard InChI is InChI=1S/C22H25ClFN3O3S/c23-18-3-9-21(10-4-18)31(29,30)27-11-1-2-17(16-27)22(28)26-14-12-25(13-15-26)20-7-5-19(24)6-8-20/h3-10,17H,1-2,11-16H2. The third-order valence-electron chi connectivity index (χ3n) is 5.97. The predicted molar refractivity (Wildman–Crippen MR) is 118 cm³/mol. The normalized spacial score (nSPS) is 20.6. The van der Waals surface area contributed by atoms with Gasteiger partial charge in [-0.25, -0.2) is 12.8 Å². The number of anilines is 1. The average molecular weight is 466 g/mol. The smallest absolute Gasteiger partial charge is 0.243 e. The van der Waals surface area contributed by atoms with Crippen LogP contribution in [-0.4, -0.2) is 62.8 Å². The second-order valence-electron chi connectivity index (χ2n) is 7.94.